The summed E-state index contributed by atoms with van der Waals surface area (Å²) in [6, 6.07) is 8.42. The van der Waals surface area contributed by atoms with Crippen molar-refractivity contribution in [3.63, 3.8) is 0 Å². The Hall–Kier alpha value is -0.795. The lowest BCUT2D eigenvalue weighted by Crippen LogP contribution is -1.98. The predicted molar refractivity (Wildman–Crippen MR) is 60.6 cm³/mol. The largest absolute Gasteiger partial charge is 0.388 e. The maximum atomic E-state index is 9.40. The van der Waals surface area contributed by atoms with E-state index in [0.717, 1.165) is 4.88 Å². The van der Waals surface area contributed by atoms with Crippen LogP contribution in [0.3, 0.4) is 0 Å². The molecule has 0 amide bonds. The number of thiophene rings is 1. The molecule has 2 aromatic rings. The van der Waals surface area contributed by atoms with E-state index in [1.165, 1.54) is 15.5 Å². The highest BCUT2D eigenvalue weighted by Gasteiger charge is 2.05. The van der Waals surface area contributed by atoms with Gasteiger partial charge in [0.15, 0.2) is 0 Å². The maximum Gasteiger partial charge on any atom is 0.139 e. The first-order valence-electron chi connectivity index (χ1n) is 4.35. The van der Waals surface area contributed by atoms with Crippen LogP contribution in [0.4, 0.5) is 0 Å². The van der Waals surface area contributed by atoms with E-state index in [4.69, 9.17) is 0 Å². The van der Waals surface area contributed by atoms with Crippen LogP contribution >= 0.6 is 11.3 Å². The van der Waals surface area contributed by atoms with Gasteiger partial charge < -0.3 is 5.11 Å². The van der Waals surface area contributed by atoms with Gasteiger partial charge in [-0.05, 0) is 18.4 Å². The van der Waals surface area contributed by atoms with Gasteiger partial charge in [-0.1, -0.05) is 23.7 Å². The zero-order valence-electron chi connectivity index (χ0n) is 7.74. The minimum Gasteiger partial charge on any atom is -0.388 e. The highest BCUT2D eigenvalue weighted by Crippen LogP contribution is 2.28. The van der Waals surface area contributed by atoms with E-state index >= 15 is 0 Å². The van der Waals surface area contributed by atoms with Crippen LogP contribution in [-0.2, 0) is 0 Å². The highest BCUT2D eigenvalue weighted by atomic mass is 32.1. The first kappa shape index (κ1) is 8.79. The normalized spacial score (nSPS) is 13.4. The molecule has 0 aliphatic heterocycles. The molecule has 0 radical (unpaired) electrons. The number of benzene rings is 1. The Morgan fingerprint density at radius 3 is 2.85 bits per heavy atom. The molecule has 1 unspecified atom stereocenters. The Labute approximate surface area is 82.4 Å². The van der Waals surface area contributed by atoms with Crippen molar-refractivity contribution in [1.29, 1.82) is 0 Å². The first-order chi connectivity index (χ1) is 6.16. The molecule has 0 aliphatic carbocycles. The SMILES string of the molecule is Bc1ccc2cc(C(C)O)sc2c1. The Morgan fingerprint density at radius 2 is 2.15 bits per heavy atom. The molecule has 0 fully saturated rings. The van der Waals surface area contributed by atoms with Crippen LogP contribution in [0.25, 0.3) is 10.1 Å². The number of fused-ring (bicyclic) bond motifs is 1. The van der Waals surface area contributed by atoms with Gasteiger partial charge in [0, 0.05) is 9.58 Å². The number of rotatable bonds is 1. The van der Waals surface area contributed by atoms with E-state index in [0.29, 0.717) is 0 Å². The van der Waals surface area contributed by atoms with Gasteiger partial charge in [-0.2, -0.15) is 0 Å². The van der Waals surface area contributed by atoms with Gasteiger partial charge in [-0.3, -0.25) is 0 Å². The van der Waals surface area contributed by atoms with Gasteiger partial charge in [0.05, 0.1) is 6.10 Å². The summed E-state index contributed by atoms with van der Waals surface area (Å²) in [7, 11) is 2.08. The van der Waals surface area contributed by atoms with Crippen molar-refractivity contribution in [2.75, 3.05) is 0 Å². The van der Waals surface area contributed by atoms with Crippen molar-refractivity contribution in [2.45, 2.75) is 13.0 Å². The molecule has 1 atom stereocenters. The molecule has 13 heavy (non-hydrogen) atoms. The molecule has 0 bridgehead atoms. The first-order valence-corrected chi connectivity index (χ1v) is 5.16. The second-order valence-electron chi connectivity index (χ2n) is 3.37. The van der Waals surface area contributed by atoms with E-state index < -0.39 is 0 Å². The summed E-state index contributed by atoms with van der Waals surface area (Å²) in [5.41, 5.74) is 1.27. The van der Waals surface area contributed by atoms with Crippen LogP contribution in [-0.4, -0.2) is 13.0 Å². The topological polar surface area (TPSA) is 20.2 Å². The van der Waals surface area contributed by atoms with Crippen LogP contribution in [0.1, 0.15) is 17.9 Å². The number of aliphatic hydroxyl groups is 1. The van der Waals surface area contributed by atoms with Crippen LogP contribution in [0.5, 0.6) is 0 Å². The molecule has 0 saturated heterocycles. The molecule has 3 heteroatoms. The van der Waals surface area contributed by atoms with Gasteiger partial charge >= 0.3 is 0 Å². The molecule has 1 nitrogen and oxygen atoms in total. The van der Waals surface area contributed by atoms with Crippen molar-refractivity contribution in [1.82, 2.24) is 0 Å². The molecular formula is C10H11BOS. The third-order valence-corrected chi connectivity index (χ3v) is 3.37. The van der Waals surface area contributed by atoms with Crippen molar-refractivity contribution in [3.8, 4) is 0 Å². The monoisotopic (exact) mass is 190 g/mol. The summed E-state index contributed by atoms with van der Waals surface area (Å²) in [4.78, 5) is 1.04. The van der Waals surface area contributed by atoms with Crippen LogP contribution in [0.15, 0.2) is 24.3 Å². The Bertz CT molecular complexity index is 433. The van der Waals surface area contributed by atoms with E-state index in [9.17, 15) is 5.11 Å². The Balaban J connectivity index is 2.62. The third-order valence-electron chi connectivity index (χ3n) is 2.11. The average Bonchev–Trinajstić information content (AvgIpc) is 2.46. The quantitative estimate of drug-likeness (QED) is 0.670. The van der Waals surface area contributed by atoms with Crippen molar-refractivity contribution in [3.05, 3.63) is 29.1 Å². The third kappa shape index (κ3) is 1.62. The summed E-state index contributed by atoms with van der Waals surface area (Å²) in [5, 5.41) is 10.6. The summed E-state index contributed by atoms with van der Waals surface area (Å²) < 4.78 is 1.26. The van der Waals surface area contributed by atoms with Gasteiger partial charge in [0.1, 0.15) is 7.85 Å². The van der Waals surface area contributed by atoms with Crippen LogP contribution in [0.2, 0.25) is 0 Å². The van der Waals surface area contributed by atoms with Crippen molar-refractivity contribution < 1.29 is 5.11 Å². The van der Waals surface area contributed by atoms with Crippen LogP contribution in [0, 0.1) is 0 Å². The molecule has 1 N–H and O–H groups in total. The summed E-state index contributed by atoms with van der Waals surface area (Å²) in [5.74, 6) is 0. The minimum atomic E-state index is -0.349. The fourth-order valence-corrected chi connectivity index (χ4v) is 2.46. The van der Waals surface area contributed by atoms with E-state index in [1.807, 2.05) is 0 Å². The zero-order chi connectivity index (χ0) is 9.42. The van der Waals surface area contributed by atoms with Gasteiger partial charge in [-0.25, -0.2) is 0 Å². The molecule has 1 heterocycles. The molecule has 0 aliphatic rings. The van der Waals surface area contributed by atoms with E-state index in [-0.39, 0.29) is 6.10 Å². The lowest BCUT2D eigenvalue weighted by molar-refractivity contribution is 0.203. The van der Waals surface area contributed by atoms with Gasteiger partial charge in [-0.15, -0.1) is 11.3 Å². The van der Waals surface area contributed by atoms with Gasteiger partial charge in [0.2, 0.25) is 0 Å². The predicted octanol–water partition coefficient (Wildman–Crippen LogP) is 1.21. The second-order valence-corrected chi connectivity index (χ2v) is 4.48. The molecule has 0 spiro atoms. The van der Waals surface area contributed by atoms with Crippen LogP contribution < -0.4 is 5.46 Å². The second kappa shape index (κ2) is 3.16. The molecule has 1 aromatic heterocycles. The smallest absolute Gasteiger partial charge is 0.139 e. The lowest BCUT2D eigenvalue weighted by atomic mass is 9.96. The van der Waals surface area contributed by atoms with Gasteiger partial charge in [0.25, 0.3) is 0 Å². The minimum absolute atomic E-state index is 0.349. The molecule has 0 saturated carbocycles. The summed E-state index contributed by atoms with van der Waals surface area (Å²) >= 11 is 1.67. The molecular weight excluding hydrogens is 179 g/mol. The number of hydrogen-bond acceptors (Lipinski definition) is 2. The van der Waals surface area contributed by atoms with E-state index in [1.54, 1.807) is 18.3 Å². The Kier molecular flexibility index (Phi) is 2.14. The average molecular weight is 190 g/mol. The summed E-state index contributed by atoms with van der Waals surface area (Å²) in [6.07, 6.45) is -0.349. The number of hydrogen-bond donors (Lipinski definition) is 1. The maximum absolute atomic E-state index is 9.40. The lowest BCUT2D eigenvalue weighted by Gasteiger charge is -1.95. The number of aliphatic hydroxyl groups excluding tert-OH is 1. The van der Waals surface area contributed by atoms with Crippen molar-refractivity contribution >= 4 is 34.7 Å². The molecule has 2 rings (SSSR count). The summed E-state index contributed by atoms with van der Waals surface area (Å²) in [6.45, 7) is 1.80. The molecule has 1 aromatic carbocycles. The molecule has 66 valence electrons. The fourth-order valence-electron chi connectivity index (χ4n) is 1.36. The zero-order valence-corrected chi connectivity index (χ0v) is 8.56. The van der Waals surface area contributed by atoms with Crippen molar-refractivity contribution in [2.24, 2.45) is 0 Å². The fraction of sp³-hybridized carbons (Fsp3) is 0.200. The Morgan fingerprint density at radius 1 is 1.38 bits per heavy atom. The highest BCUT2D eigenvalue weighted by molar-refractivity contribution is 7.19. The van der Waals surface area contributed by atoms with E-state index in [2.05, 4.69) is 32.1 Å². The standard InChI is InChI=1S/C10H11BOS/c1-6(12)9-4-7-2-3-8(11)5-10(7)13-9/h2-6,12H,11H2,1H3.